The summed E-state index contributed by atoms with van der Waals surface area (Å²) in [5, 5.41) is 7.22. The van der Waals surface area contributed by atoms with Gasteiger partial charge in [0.15, 0.2) is 5.82 Å². The van der Waals surface area contributed by atoms with Crippen LogP contribution in [0.2, 0.25) is 0 Å². The van der Waals surface area contributed by atoms with Crippen LogP contribution in [0.25, 0.3) is 0 Å². The third-order valence-electron chi connectivity index (χ3n) is 7.09. The first kappa shape index (κ1) is 20.0. The van der Waals surface area contributed by atoms with Crippen LogP contribution in [0.15, 0.2) is 34.9 Å². The summed E-state index contributed by atoms with van der Waals surface area (Å²) in [5.41, 5.74) is 0.154. The van der Waals surface area contributed by atoms with E-state index in [1.165, 1.54) is 19.3 Å². The Kier molecular flexibility index (Phi) is 5.16. The molecule has 8 heteroatoms. The van der Waals surface area contributed by atoms with E-state index < -0.39 is 5.41 Å². The second-order valence-electron chi connectivity index (χ2n) is 9.22. The zero-order chi connectivity index (χ0) is 21.4. The quantitative estimate of drug-likeness (QED) is 0.820. The van der Waals surface area contributed by atoms with E-state index in [1.54, 1.807) is 6.92 Å². The van der Waals surface area contributed by atoms with E-state index in [-0.39, 0.29) is 23.9 Å². The van der Waals surface area contributed by atoms with Crippen LogP contribution in [-0.4, -0.2) is 64.1 Å². The van der Waals surface area contributed by atoms with E-state index in [1.807, 2.05) is 40.1 Å². The van der Waals surface area contributed by atoms with E-state index in [0.717, 1.165) is 12.8 Å². The van der Waals surface area contributed by atoms with Crippen LogP contribution < -0.4 is 5.32 Å². The van der Waals surface area contributed by atoms with Gasteiger partial charge in [-0.05, 0) is 31.9 Å². The maximum atomic E-state index is 13.1. The fraction of sp³-hybridized carbons (Fsp3) is 0.565. The standard InChI is InChI=1S/C23H29N5O3/c1-16-24-21(31-26-16)23-14-27(20(29)17-8-4-2-5-9-17)12-18(23)13-28(15-23)22(30)25-19-10-6-3-7-11-19/h2,4-5,8-9,18-19H,3,6-7,10-15H2,1H3,(H,25,30). The molecule has 164 valence electrons. The first-order chi connectivity index (χ1) is 15.0. The van der Waals surface area contributed by atoms with E-state index in [0.29, 0.717) is 43.5 Å². The molecular weight excluding hydrogens is 394 g/mol. The molecule has 8 nitrogen and oxygen atoms in total. The summed E-state index contributed by atoms with van der Waals surface area (Å²) in [4.78, 5) is 34.4. The van der Waals surface area contributed by atoms with Crippen LogP contribution in [0.1, 0.15) is 54.2 Å². The molecule has 2 aliphatic heterocycles. The lowest BCUT2D eigenvalue weighted by atomic mass is 9.81. The Balaban J connectivity index is 1.36. The topological polar surface area (TPSA) is 91.6 Å². The van der Waals surface area contributed by atoms with Crippen LogP contribution in [0.3, 0.4) is 0 Å². The van der Waals surface area contributed by atoms with Gasteiger partial charge in [0.2, 0.25) is 5.89 Å². The molecule has 2 aromatic rings. The molecule has 2 unspecified atom stereocenters. The molecule has 31 heavy (non-hydrogen) atoms. The van der Waals surface area contributed by atoms with Crippen molar-refractivity contribution in [2.75, 3.05) is 26.2 Å². The number of amides is 3. The number of carbonyl (C=O) groups is 2. The lowest BCUT2D eigenvalue weighted by molar-refractivity contribution is 0.0770. The molecular formula is C23H29N5O3. The number of carbonyl (C=O) groups excluding carboxylic acids is 2. The number of urea groups is 1. The number of hydrogen-bond donors (Lipinski definition) is 1. The van der Waals surface area contributed by atoms with Crippen molar-refractivity contribution in [3.8, 4) is 0 Å². The van der Waals surface area contributed by atoms with E-state index >= 15 is 0 Å². The second-order valence-corrected chi connectivity index (χ2v) is 9.22. The average Bonchev–Trinajstić information content (AvgIpc) is 3.47. The van der Waals surface area contributed by atoms with Gasteiger partial charge in [0.05, 0.1) is 5.41 Å². The minimum atomic E-state index is -0.518. The number of nitrogens with one attached hydrogen (secondary N) is 1. The zero-order valence-electron chi connectivity index (χ0n) is 17.9. The van der Waals surface area contributed by atoms with Gasteiger partial charge in [-0.3, -0.25) is 4.79 Å². The molecule has 1 aromatic carbocycles. The second kappa shape index (κ2) is 7.98. The summed E-state index contributed by atoms with van der Waals surface area (Å²) in [5.74, 6) is 1.17. The number of aromatic nitrogens is 2. The maximum Gasteiger partial charge on any atom is 0.317 e. The zero-order valence-corrected chi connectivity index (χ0v) is 17.9. The molecule has 1 aromatic heterocycles. The summed E-state index contributed by atoms with van der Waals surface area (Å²) < 4.78 is 5.61. The van der Waals surface area contributed by atoms with Gasteiger partial charge in [0.25, 0.3) is 5.91 Å². The van der Waals surface area contributed by atoms with Gasteiger partial charge in [0, 0.05) is 43.7 Å². The van der Waals surface area contributed by atoms with Gasteiger partial charge < -0.3 is 19.6 Å². The molecule has 5 rings (SSSR count). The van der Waals surface area contributed by atoms with Gasteiger partial charge in [-0.1, -0.05) is 42.6 Å². The molecule has 3 fully saturated rings. The number of benzene rings is 1. The van der Waals surface area contributed by atoms with Crippen molar-refractivity contribution >= 4 is 11.9 Å². The number of rotatable bonds is 3. The molecule has 1 saturated carbocycles. The Labute approximate surface area is 182 Å². The van der Waals surface area contributed by atoms with Crippen molar-refractivity contribution in [1.29, 1.82) is 0 Å². The Morgan fingerprint density at radius 2 is 1.77 bits per heavy atom. The third-order valence-corrected chi connectivity index (χ3v) is 7.09. The Morgan fingerprint density at radius 1 is 1.06 bits per heavy atom. The monoisotopic (exact) mass is 423 g/mol. The van der Waals surface area contributed by atoms with E-state index in [4.69, 9.17) is 4.52 Å². The SMILES string of the molecule is Cc1noc(C23CN(C(=O)NC4CCCCC4)CC2CN(C(=O)c2ccccc2)C3)n1. The summed E-state index contributed by atoms with van der Waals surface area (Å²) in [7, 11) is 0. The lowest BCUT2D eigenvalue weighted by Gasteiger charge is -2.28. The number of aryl methyl sites for hydroxylation is 1. The highest BCUT2D eigenvalue weighted by molar-refractivity contribution is 5.94. The molecule has 0 radical (unpaired) electrons. The highest BCUT2D eigenvalue weighted by Gasteiger charge is 2.58. The molecule has 3 heterocycles. The predicted molar refractivity (Wildman–Crippen MR) is 114 cm³/mol. The minimum absolute atomic E-state index is 0.00354. The van der Waals surface area contributed by atoms with Crippen molar-refractivity contribution in [2.24, 2.45) is 5.92 Å². The van der Waals surface area contributed by atoms with Crippen molar-refractivity contribution < 1.29 is 14.1 Å². The molecule has 0 spiro atoms. The third kappa shape index (κ3) is 3.68. The van der Waals surface area contributed by atoms with Gasteiger partial charge in [0.1, 0.15) is 0 Å². The van der Waals surface area contributed by atoms with E-state index in [9.17, 15) is 9.59 Å². The van der Waals surface area contributed by atoms with Crippen LogP contribution in [0, 0.1) is 12.8 Å². The minimum Gasteiger partial charge on any atom is -0.339 e. The number of nitrogens with zero attached hydrogens (tertiary/aromatic N) is 4. The first-order valence-electron chi connectivity index (χ1n) is 11.3. The number of hydrogen-bond acceptors (Lipinski definition) is 5. The summed E-state index contributed by atoms with van der Waals surface area (Å²) in [6.07, 6.45) is 5.71. The number of fused-ring (bicyclic) bond motifs is 1. The molecule has 1 N–H and O–H groups in total. The van der Waals surface area contributed by atoms with Gasteiger partial charge in [-0.25, -0.2) is 4.79 Å². The van der Waals surface area contributed by atoms with Crippen LogP contribution in [0.4, 0.5) is 4.79 Å². The van der Waals surface area contributed by atoms with Gasteiger partial charge >= 0.3 is 6.03 Å². The van der Waals surface area contributed by atoms with E-state index in [2.05, 4.69) is 15.5 Å². The molecule has 3 amide bonds. The Hall–Kier alpha value is -2.90. The lowest BCUT2D eigenvalue weighted by Crippen LogP contribution is -2.47. The predicted octanol–water partition coefficient (Wildman–Crippen LogP) is 2.75. The highest BCUT2D eigenvalue weighted by atomic mass is 16.5. The first-order valence-corrected chi connectivity index (χ1v) is 11.3. The molecule has 2 saturated heterocycles. The van der Waals surface area contributed by atoms with Crippen molar-refractivity contribution in [2.45, 2.75) is 50.5 Å². The maximum absolute atomic E-state index is 13.1. The molecule has 3 aliphatic rings. The van der Waals surface area contributed by atoms with Crippen molar-refractivity contribution in [3.05, 3.63) is 47.6 Å². The average molecular weight is 424 g/mol. The fourth-order valence-corrected chi connectivity index (χ4v) is 5.45. The van der Waals surface area contributed by atoms with Gasteiger partial charge in [-0.15, -0.1) is 0 Å². The summed E-state index contributed by atoms with van der Waals surface area (Å²) in [6, 6.07) is 9.57. The van der Waals surface area contributed by atoms with Crippen LogP contribution in [0.5, 0.6) is 0 Å². The highest BCUT2D eigenvalue weighted by Crippen LogP contribution is 2.44. The van der Waals surface area contributed by atoms with Gasteiger partial charge in [-0.2, -0.15) is 4.98 Å². The molecule has 0 bridgehead atoms. The van der Waals surface area contributed by atoms with Crippen molar-refractivity contribution in [3.63, 3.8) is 0 Å². The van der Waals surface area contributed by atoms with Crippen LogP contribution in [-0.2, 0) is 5.41 Å². The summed E-state index contributed by atoms with van der Waals surface area (Å²) in [6.45, 7) is 3.90. The fourth-order valence-electron chi connectivity index (χ4n) is 5.45. The molecule has 1 aliphatic carbocycles. The normalized spacial score (nSPS) is 26.2. The summed E-state index contributed by atoms with van der Waals surface area (Å²) >= 11 is 0. The largest absolute Gasteiger partial charge is 0.339 e. The smallest absolute Gasteiger partial charge is 0.317 e. The van der Waals surface area contributed by atoms with Crippen molar-refractivity contribution in [1.82, 2.24) is 25.3 Å². The molecule has 2 atom stereocenters. The Bertz CT molecular complexity index is 955. The number of likely N-dealkylation sites (tertiary alicyclic amines) is 2. The Morgan fingerprint density at radius 3 is 2.48 bits per heavy atom. The van der Waals surface area contributed by atoms with Crippen LogP contribution >= 0.6 is 0 Å².